The summed E-state index contributed by atoms with van der Waals surface area (Å²) < 4.78 is 0. The molecule has 2 fully saturated rings. The second-order valence-corrected chi connectivity index (χ2v) is 6.64. The molecule has 0 radical (unpaired) electrons. The molecule has 2 aliphatic rings. The highest BCUT2D eigenvalue weighted by molar-refractivity contribution is 5.80. The second kappa shape index (κ2) is 7.59. The van der Waals surface area contributed by atoms with E-state index in [4.69, 9.17) is 0 Å². The van der Waals surface area contributed by atoms with Gasteiger partial charge in [0.15, 0.2) is 0 Å². The number of hydrogen-bond acceptors (Lipinski definition) is 3. The van der Waals surface area contributed by atoms with Gasteiger partial charge in [-0.15, -0.1) is 0 Å². The van der Waals surface area contributed by atoms with E-state index in [0.717, 1.165) is 18.4 Å². The molecule has 2 aliphatic heterocycles. The van der Waals surface area contributed by atoms with Crippen LogP contribution in [-0.2, 0) is 16.0 Å². The second-order valence-electron chi connectivity index (χ2n) is 6.64. The average Bonchev–Trinajstić information content (AvgIpc) is 2.87. The quantitative estimate of drug-likeness (QED) is 0.737. The largest absolute Gasteiger partial charge is 0.355 e. The van der Waals surface area contributed by atoms with E-state index in [9.17, 15) is 9.59 Å². The van der Waals surface area contributed by atoms with Gasteiger partial charge < -0.3 is 16.0 Å². The van der Waals surface area contributed by atoms with Gasteiger partial charge in [-0.1, -0.05) is 30.3 Å². The van der Waals surface area contributed by atoms with Gasteiger partial charge in [0.05, 0.1) is 6.42 Å². The molecule has 2 amide bonds. The van der Waals surface area contributed by atoms with Crippen molar-refractivity contribution in [3.8, 4) is 0 Å². The number of carbonyl (C=O) groups excluding carboxylic acids is 2. The van der Waals surface area contributed by atoms with E-state index in [1.165, 1.54) is 12.8 Å². The lowest BCUT2D eigenvalue weighted by Crippen LogP contribution is -2.48. The molecule has 1 aromatic rings. The van der Waals surface area contributed by atoms with Crippen LogP contribution >= 0.6 is 0 Å². The van der Waals surface area contributed by atoms with Crippen molar-refractivity contribution in [3.05, 3.63) is 35.9 Å². The van der Waals surface area contributed by atoms with Crippen LogP contribution in [0.5, 0.6) is 0 Å². The maximum Gasteiger partial charge on any atom is 0.224 e. The number of amides is 2. The maximum absolute atomic E-state index is 12.0. The SMILES string of the molecule is O=C(Cc1ccccc1)NCCC(=O)NC1CC2CCC(C1)N2. The van der Waals surface area contributed by atoms with Crippen molar-refractivity contribution in [2.45, 2.75) is 56.7 Å². The first-order valence-electron chi connectivity index (χ1n) is 8.55. The predicted octanol–water partition coefficient (Wildman–Crippen LogP) is 1.13. The molecule has 5 heteroatoms. The first kappa shape index (κ1) is 16.0. The van der Waals surface area contributed by atoms with E-state index >= 15 is 0 Å². The van der Waals surface area contributed by atoms with Gasteiger partial charge in [-0.25, -0.2) is 0 Å². The third-order valence-corrected chi connectivity index (χ3v) is 4.72. The summed E-state index contributed by atoms with van der Waals surface area (Å²) in [4.78, 5) is 23.8. The molecule has 2 unspecified atom stereocenters. The maximum atomic E-state index is 12.0. The van der Waals surface area contributed by atoms with Crippen molar-refractivity contribution in [1.29, 1.82) is 0 Å². The first-order chi connectivity index (χ1) is 11.2. The predicted molar refractivity (Wildman–Crippen MR) is 88.9 cm³/mol. The van der Waals surface area contributed by atoms with Crippen LogP contribution in [0.3, 0.4) is 0 Å². The third-order valence-electron chi connectivity index (χ3n) is 4.72. The lowest BCUT2D eigenvalue weighted by molar-refractivity contribution is -0.122. The van der Waals surface area contributed by atoms with Gasteiger partial charge in [0, 0.05) is 31.1 Å². The molecule has 1 aromatic carbocycles. The Morgan fingerprint density at radius 3 is 2.43 bits per heavy atom. The fraction of sp³-hybridized carbons (Fsp3) is 0.556. The van der Waals surface area contributed by atoms with Crippen LogP contribution in [0.4, 0.5) is 0 Å². The van der Waals surface area contributed by atoms with Gasteiger partial charge in [0.25, 0.3) is 0 Å². The molecule has 3 rings (SSSR count). The third kappa shape index (κ3) is 4.79. The number of nitrogens with one attached hydrogen (secondary N) is 3. The van der Waals surface area contributed by atoms with E-state index in [0.29, 0.717) is 37.5 Å². The summed E-state index contributed by atoms with van der Waals surface area (Å²) in [6, 6.07) is 11.1. The van der Waals surface area contributed by atoms with E-state index in [1.54, 1.807) is 0 Å². The average molecular weight is 315 g/mol. The standard InChI is InChI=1S/C18H25N3O2/c22-17(21-16-11-14-6-7-15(12-16)20-14)8-9-19-18(23)10-13-4-2-1-3-5-13/h1-5,14-16,20H,6-12H2,(H,19,23)(H,21,22). The molecule has 23 heavy (non-hydrogen) atoms. The minimum atomic E-state index is -0.0380. The van der Waals surface area contributed by atoms with Gasteiger partial charge >= 0.3 is 0 Å². The van der Waals surface area contributed by atoms with E-state index in [1.807, 2.05) is 30.3 Å². The summed E-state index contributed by atoms with van der Waals surface area (Å²) in [7, 11) is 0. The summed E-state index contributed by atoms with van der Waals surface area (Å²) in [5.41, 5.74) is 0.986. The number of benzene rings is 1. The van der Waals surface area contributed by atoms with Gasteiger partial charge in [-0.05, 0) is 31.2 Å². The zero-order valence-electron chi connectivity index (χ0n) is 13.4. The van der Waals surface area contributed by atoms with E-state index < -0.39 is 0 Å². The lowest BCUT2D eigenvalue weighted by Gasteiger charge is -2.29. The number of hydrogen-bond donors (Lipinski definition) is 3. The minimum Gasteiger partial charge on any atom is -0.355 e. The summed E-state index contributed by atoms with van der Waals surface area (Å²) in [6.45, 7) is 0.398. The Hall–Kier alpha value is -1.88. The van der Waals surface area contributed by atoms with Crippen LogP contribution in [-0.4, -0.2) is 36.5 Å². The van der Waals surface area contributed by atoms with Gasteiger partial charge in [0.2, 0.25) is 11.8 Å². The van der Waals surface area contributed by atoms with E-state index in [-0.39, 0.29) is 11.8 Å². The molecule has 2 atom stereocenters. The normalized spacial score (nSPS) is 25.8. The van der Waals surface area contributed by atoms with Crippen LogP contribution < -0.4 is 16.0 Å². The van der Waals surface area contributed by atoms with Crippen LogP contribution in [0, 0.1) is 0 Å². The van der Waals surface area contributed by atoms with Crippen molar-refractivity contribution in [2.75, 3.05) is 6.54 Å². The van der Waals surface area contributed by atoms with E-state index in [2.05, 4.69) is 16.0 Å². The Morgan fingerprint density at radius 1 is 1.04 bits per heavy atom. The highest BCUT2D eigenvalue weighted by Gasteiger charge is 2.33. The summed E-state index contributed by atoms with van der Waals surface area (Å²) >= 11 is 0. The fourth-order valence-electron chi connectivity index (χ4n) is 3.63. The van der Waals surface area contributed by atoms with Crippen LogP contribution in [0.15, 0.2) is 30.3 Å². The Balaban J connectivity index is 1.32. The Bertz CT molecular complexity index is 534. The molecule has 124 valence electrons. The van der Waals surface area contributed by atoms with Crippen molar-refractivity contribution < 1.29 is 9.59 Å². The summed E-state index contributed by atoms with van der Waals surface area (Å²) in [5.74, 6) is 0.000205. The zero-order chi connectivity index (χ0) is 16.1. The smallest absolute Gasteiger partial charge is 0.224 e. The summed E-state index contributed by atoms with van der Waals surface area (Å²) in [6.07, 6.45) is 5.23. The molecule has 0 aliphatic carbocycles. The molecule has 5 nitrogen and oxygen atoms in total. The number of carbonyl (C=O) groups is 2. The van der Waals surface area contributed by atoms with Crippen LogP contribution in [0.2, 0.25) is 0 Å². The molecule has 0 saturated carbocycles. The molecule has 2 bridgehead atoms. The monoisotopic (exact) mass is 315 g/mol. The number of rotatable bonds is 6. The fourth-order valence-corrected chi connectivity index (χ4v) is 3.63. The van der Waals surface area contributed by atoms with Gasteiger partial charge in [0.1, 0.15) is 0 Å². The topological polar surface area (TPSA) is 70.2 Å². The van der Waals surface area contributed by atoms with Gasteiger partial charge in [-0.2, -0.15) is 0 Å². The molecule has 0 aromatic heterocycles. The van der Waals surface area contributed by atoms with Crippen LogP contribution in [0.1, 0.15) is 37.7 Å². The molecular weight excluding hydrogens is 290 g/mol. The molecule has 2 heterocycles. The first-order valence-corrected chi connectivity index (χ1v) is 8.55. The molecule has 0 spiro atoms. The Morgan fingerprint density at radius 2 is 1.74 bits per heavy atom. The zero-order valence-corrected chi connectivity index (χ0v) is 13.4. The number of piperidine rings is 1. The van der Waals surface area contributed by atoms with Crippen molar-refractivity contribution in [2.24, 2.45) is 0 Å². The van der Waals surface area contributed by atoms with Gasteiger partial charge in [-0.3, -0.25) is 9.59 Å². The molecule has 3 N–H and O–H groups in total. The lowest BCUT2D eigenvalue weighted by atomic mass is 10.00. The Labute approximate surface area is 137 Å². The van der Waals surface area contributed by atoms with Crippen molar-refractivity contribution >= 4 is 11.8 Å². The highest BCUT2D eigenvalue weighted by Crippen LogP contribution is 2.26. The highest BCUT2D eigenvalue weighted by atomic mass is 16.2. The molecule has 2 saturated heterocycles. The number of fused-ring (bicyclic) bond motifs is 2. The van der Waals surface area contributed by atoms with Crippen molar-refractivity contribution in [1.82, 2.24) is 16.0 Å². The summed E-state index contributed by atoms with van der Waals surface area (Å²) in [5, 5.41) is 9.50. The molecular formula is C18H25N3O2. The Kier molecular flexibility index (Phi) is 5.28. The van der Waals surface area contributed by atoms with Crippen molar-refractivity contribution in [3.63, 3.8) is 0 Å². The van der Waals surface area contributed by atoms with Crippen LogP contribution in [0.25, 0.3) is 0 Å². The minimum absolute atomic E-state index is 0.0380.